The number of piperidine rings is 1. The maximum atomic E-state index is 12.1. The minimum absolute atomic E-state index is 0.0747. The van der Waals surface area contributed by atoms with Crippen LogP contribution in [0.25, 0.3) is 0 Å². The maximum Gasteiger partial charge on any atom is 0.242 e. The summed E-state index contributed by atoms with van der Waals surface area (Å²) in [4.78, 5) is 12.1. The van der Waals surface area contributed by atoms with E-state index in [1.807, 2.05) is 18.3 Å². The maximum absolute atomic E-state index is 12.1. The Kier molecular flexibility index (Phi) is 5.60. The first kappa shape index (κ1) is 16.7. The number of H-pyrrole nitrogens is 1. The zero-order valence-corrected chi connectivity index (χ0v) is 13.9. The third-order valence-electron chi connectivity index (χ3n) is 4.13. The fraction of sp³-hybridized carbons (Fsp3) is 0.562. The molecule has 2 aromatic rings. The topological polar surface area (TPSA) is 96.9 Å². The van der Waals surface area contributed by atoms with Crippen LogP contribution in [-0.4, -0.2) is 46.1 Å². The van der Waals surface area contributed by atoms with Gasteiger partial charge in [-0.15, -0.1) is 0 Å². The molecule has 0 saturated carbocycles. The molecule has 1 saturated heterocycles. The molecule has 0 aliphatic carbocycles. The van der Waals surface area contributed by atoms with Crippen LogP contribution in [0.1, 0.15) is 35.8 Å². The molecule has 8 heteroatoms. The smallest absolute Gasteiger partial charge is 0.242 e. The van der Waals surface area contributed by atoms with Crippen molar-refractivity contribution in [1.29, 1.82) is 0 Å². The molecule has 1 aliphatic rings. The molecular formula is C16H24N6O2. The highest BCUT2D eigenvalue weighted by molar-refractivity contribution is 5.75. The number of nitrogens with zero attached hydrogens (tertiary/aromatic N) is 3. The summed E-state index contributed by atoms with van der Waals surface area (Å²) in [5, 5.41) is 17.8. The summed E-state index contributed by atoms with van der Waals surface area (Å²) in [7, 11) is 1.62. The first-order valence-corrected chi connectivity index (χ1v) is 8.27. The van der Waals surface area contributed by atoms with Crippen LogP contribution in [-0.2, 0) is 29.2 Å². The highest BCUT2D eigenvalue weighted by atomic mass is 16.5. The second-order valence-corrected chi connectivity index (χ2v) is 6.08. The van der Waals surface area contributed by atoms with Gasteiger partial charge < -0.3 is 15.4 Å². The normalized spacial score (nSPS) is 17.8. The Morgan fingerprint density at radius 1 is 1.54 bits per heavy atom. The number of amides is 1. The Hall–Kier alpha value is -2.19. The summed E-state index contributed by atoms with van der Waals surface area (Å²) < 4.78 is 6.71. The number of aromatic nitrogens is 4. The lowest BCUT2D eigenvalue weighted by Crippen LogP contribution is -2.29. The van der Waals surface area contributed by atoms with Crippen molar-refractivity contribution in [2.75, 3.05) is 20.2 Å². The highest BCUT2D eigenvalue weighted by Crippen LogP contribution is 2.21. The van der Waals surface area contributed by atoms with Crippen molar-refractivity contribution in [3.8, 4) is 0 Å². The van der Waals surface area contributed by atoms with E-state index in [-0.39, 0.29) is 12.5 Å². The molecule has 24 heavy (non-hydrogen) atoms. The quantitative estimate of drug-likeness (QED) is 0.687. The zero-order valence-electron chi connectivity index (χ0n) is 13.9. The molecule has 130 valence electrons. The highest BCUT2D eigenvalue weighted by Gasteiger charge is 2.17. The molecule has 3 N–H and O–H groups in total. The van der Waals surface area contributed by atoms with Gasteiger partial charge in [-0.1, -0.05) is 0 Å². The number of carbonyl (C=O) groups is 1. The van der Waals surface area contributed by atoms with Crippen LogP contribution >= 0.6 is 0 Å². The molecule has 3 rings (SSSR count). The number of hydrogen-bond acceptors (Lipinski definition) is 5. The second-order valence-electron chi connectivity index (χ2n) is 6.08. The van der Waals surface area contributed by atoms with Crippen LogP contribution < -0.4 is 10.6 Å². The average Bonchev–Trinajstić information content (AvgIpc) is 3.24. The fourth-order valence-electron chi connectivity index (χ4n) is 2.91. The molecule has 1 atom stereocenters. The first-order valence-electron chi connectivity index (χ1n) is 8.27. The molecule has 0 radical (unpaired) electrons. The number of aromatic amines is 1. The minimum Gasteiger partial charge on any atom is -0.378 e. The van der Waals surface area contributed by atoms with E-state index in [0.717, 1.165) is 36.6 Å². The summed E-state index contributed by atoms with van der Waals surface area (Å²) in [6, 6.07) is 3.89. The molecule has 8 nitrogen and oxygen atoms in total. The SMILES string of the molecule is COCc1cc(CNC(=O)Cn2ccc(C3CCCNC3)n2)[nH]n1. The van der Waals surface area contributed by atoms with Gasteiger partial charge in [0, 0.05) is 25.8 Å². The van der Waals surface area contributed by atoms with Crippen LogP contribution in [0.2, 0.25) is 0 Å². The van der Waals surface area contributed by atoms with Gasteiger partial charge in [-0.25, -0.2) is 0 Å². The van der Waals surface area contributed by atoms with E-state index in [2.05, 4.69) is 25.9 Å². The molecule has 0 aromatic carbocycles. The van der Waals surface area contributed by atoms with Crippen LogP contribution in [0.5, 0.6) is 0 Å². The third-order valence-corrected chi connectivity index (χ3v) is 4.13. The van der Waals surface area contributed by atoms with E-state index < -0.39 is 0 Å². The van der Waals surface area contributed by atoms with Gasteiger partial charge in [0.1, 0.15) is 6.54 Å². The van der Waals surface area contributed by atoms with E-state index in [1.165, 1.54) is 6.42 Å². The monoisotopic (exact) mass is 332 g/mol. The summed E-state index contributed by atoms with van der Waals surface area (Å²) in [5.74, 6) is 0.376. The van der Waals surface area contributed by atoms with Crippen molar-refractivity contribution in [1.82, 2.24) is 30.6 Å². The van der Waals surface area contributed by atoms with Crippen LogP contribution in [0.4, 0.5) is 0 Å². The van der Waals surface area contributed by atoms with E-state index >= 15 is 0 Å². The van der Waals surface area contributed by atoms with E-state index in [0.29, 0.717) is 19.1 Å². The second kappa shape index (κ2) is 8.07. The predicted octanol–water partition coefficient (Wildman–Crippen LogP) is 0.536. The molecule has 2 aromatic heterocycles. The van der Waals surface area contributed by atoms with Gasteiger partial charge in [0.2, 0.25) is 5.91 Å². The van der Waals surface area contributed by atoms with Gasteiger partial charge >= 0.3 is 0 Å². The number of ether oxygens (including phenoxy) is 1. The number of nitrogens with one attached hydrogen (secondary N) is 3. The molecule has 1 fully saturated rings. The summed E-state index contributed by atoms with van der Waals surface area (Å²) in [5.41, 5.74) is 2.73. The third kappa shape index (κ3) is 4.42. The van der Waals surface area contributed by atoms with Crippen molar-refractivity contribution >= 4 is 5.91 Å². The van der Waals surface area contributed by atoms with Crippen molar-refractivity contribution in [2.45, 2.75) is 38.5 Å². The minimum atomic E-state index is -0.0747. The first-order chi connectivity index (χ1) is 11.7. The molecular weight excluding hydrogens is 308 g/mol. The Balaban J connectivity index is 1.46. The predicted molar refractivity (Wildman–Crippen MR) is 88.2 cm³/mol. The molecule has 0 spiro atoms. The molecule has 3 heterocycles. The molecule has 1 amide bonds. The molecule has 1 unspecified atom stereocenters. The zero-order chi connectivity index (χ0) is 16.8. The van der Waals surface area contributed by atoms with Gasteiger partial charge in [0.15, 0.2) is 0 Å². The lowest BCUT2D eigenvalue weighted by Gasteiger charge is -2.20. The largest absolute Gasteiger partial charge is 0.378 e. The Bertz CT molecular complexity index is 659. The number of methoxy groups -OCH3 is 1. The van der Waals surface area contributed by atoms with Gasteiger partial charge in [-0.3, -0.25) is 14.6 Å². The van der Waals surface area contributed by atoms with Crippen LogP contribution in [0.3, 0.4) is 0 Å². The Morgan fingerprint density at radius 2 is 2.46 bits per heavy atom. The number of carbonyl (C=O) groups excluding carboxylic acids is 1. The van der Waals surface area contributed by atoms with E-state index in [1.54, 1.807) is 11.8 Å². The average molecular weight is 332 g/mol. The number of rotatable bonds is 7. The van der Waals surface area contributed by atoms with Crippen molar-refractivity contribution in [2.24, 2.45) is 0 Å². The Morgan fingerprint density at radius 3 is 3.25 bits per heavy atom. The van der Waals surface area contributed by atoms with Gasteiger partial charge in [0.25, 0.3) is 0 Å². The van der Waals surface area contributed by atoms with Gasteiger partial charge in [-0.05, 0) is 31.5 Å². The molecule has 1 aliphatic heterocycles. The lowest BCUT2D eigenvalue weighted by atomic mass is 9.97. The van der Waals surface area contributed by atoms with Crippen LogP contribution in [0.15, 0.2) is 18.3 Å². The molecule has 0 bridgehead atoms. The van der Waals surface area contributed by atoms with Crippen molar-refractivity contribution in [3.05, 3.63) is 35.4 Å². The van der Waals surface area contributed by atoms with Crippen LogP contribution in [0, 0.1) is 0 Å². The Labute approximate surface area is 141 Å². The lowest BCUT2D eigenvalue weighted by molar-refractivity contribution is -0.122. The fourth-order valence-corrected chi connectivity index (χ4v) is 2.91. The van der Waals surface area contributed by atoms with Gasteiger partial charge in [-0.2, -0.15) is 10.2 Å². The number of hydrogen-bond donors (Lipinski definition) is 3. The van der Waals surface area contributed by atoms with E-state index in [9.17, 15) is 4.79 Å². The summed E-state index contributed by atoms with van der Waals surface area (Å²) >= 11 is 0. The van der Waals surface area contributed by atoms with Crippen molar-refractivity contribution < 1.29 is 9.53 Å². The van der Waals surface area contributed by atoms with Gasteiger partial charge in [0.05, 0.1) is 30.2 Å². The standard InChI is InChI=1S/C16H24N6O2/c1-24-11-14-7-13(19-20-14)9-18-16(23)10-22-6-4-15(21-22)12-3-2-5-17-8-12/h4,6-7,12,17H,2-3,5,8-11H2,1H3,(H,18,23)(H,19,20). The summed E-state index contributed by atoms with van der Waals surface area (Å²) in [6.07, 6.45) is 4.20. The van der Waals surface area contributed by atoms with E-state index in [4.69, 9.17) is 4.74 Å². The van der Waals surface area contributed by atoms with Crippen molar-refractivity contribution in [3.63, 3.8) is 0 Å². The summed E-state index contributed by atoms with van der Waals surface area (Å²) in [6.45, 7) is 3.14.